The first kappa shape index (κ1) is 8.87. The first-order valence-electron chi connectivity index (χ1n) is 4.30. The van der Waals surface area contributed by atoms with E-state index in [1.54, 1.807) is 6.07 Å². The number of ether oxygens (including phenoxy) is 2. The maximum Gasteiger partial charge on any atom is 0.348 e. The SMILES string of the molecule is Cc1cccc2c1OCC(C(=O)O)O2. The molecular weight excluding hydrogens is 184 g/mol. The number of aryl methyl sites for hydroxylation is 1. The van der Waals surface area contributed by atoms with Gasteiger partial charge in [-0.25, -0.2) is 4.79 Å². The number of carboxylic acid groups (broad SMARTS) is 1. The summed E-state index contributed by atoms with van der Waals surface area (Å²) < 4.78 is 10.6. The van der Waals surface area contributed by atoms with Gasteiger partial charge in [0.15, 0.2) is 11.5 Å². The Kier molecular flexibility index (Phi) is 2.04. The minimum absolute atomic E-state index is 0.0627. The number of hydrogen-bond acceptors (Lipinski definition) is 3. The monoisotopic (exact) mass is 194 g/mol. The highest BCUT2D eigenvalue weighted by Crippen LogP contribution is 2.34. The Balaban J connectivity index is 2.31. The number of fused-ring (bicyclic) bond motifs is 1. The molecule has 0 bridgehead atoms. The Bertz CT molecular complexity index is 372. The van der Waals surface area contributed by atoms with Crippen LogP contribution < -0.4 is 9.47 Å². The lowest BCUT2D eigenvalue weighted by molar-refractivity contribution is -0.147. The lowest BCUT2D eigenvalue weighted by atomic mass is 10.2. The lowest BCUT2D eigenvalue weighted by Gasteiger charge is -2.24. The fourth-order valence-corrected chi connectivity index (χ4v) is 1.37. The quantitative estimate of drug-likeness (QED) is 0.730. The van der Waals surface area contributed by atoms with Crippen LogP contribution in [0, 0.1) is 6.92 Å². The van der Waals surface area contributed by atoms with Crippen LogP contribution in [0.5, 0.6) is 11.5 Å². The second-order valence-electron chi connectivity index (χ2n) is 3.16. The standard InChI is InChI=1S/C10H10O4/c1-6-3-2-4-7-9(6)13-5-8(14-7)10(11)12/h2-4,8H,5H2,1H3,(H,11,12). The van der Waals surface area contributed by atoms with Gasteiger partial charge in [-0.05, 0) is 18.6 Å². The van der Waals surface area contributed by atoms with E-state index in [9.17, 15) is 4.79 Å². The number of para-hydroxylation sites is 1. The van der Waals surface area contributed by atoms with Crippen LogP contribution in [0.1, 0.15) is 5.56 Å². The van der Waals surface area contributed by atoms with Crippen molar-refractivity contribution in [1.29, 1.82) is 0 Å². The maximum atomic E-state index is 10.6. The second kappa shape index (κ2) is 3.21. The smallest absolute Gasteiger partial charge is 0.348 e. The largest absolute Gasteiger partial charge is 0.485 e. The van der Waals surface area contributed by atoms with Crippen LogP contribution in [0.2, 0.25) is 0 Å². The zero-order valence-corrected chi connectivity index (χ0v) is 7.69. The number of carbonyl (C=O) groups is 1. The summed E-state index contributed by atoms with van der Waals surface area (Å²) in [6.07, 6.45) is -0.899. The third kappa shape index (κ3) is 1.39. The second-order valence-corrected chi connectivity index (χ2v) is 3.16. The Labute approximate surface area is 81.1 Å². The molecule has 1 aliphatic rings. The van der Waals surface area contributed by atoms with Crippen molar-refractivity contribution in [2.24, 2.45) is 0 Å². The molecule has 0 aromatic heterocycles. The maximum absolute atomic E-state index is 10.6. The van der Waals surface area contributed by atoms with Crippen LogP contribution in [0.3, 0.4) is 0 Å². The van der Waals surface area contributed by atoms with Crippen molar-refractivity contribution in [2.75, 3.05) is 6.61 Å². The average Bonchev–Trinajstić information content (AvgIpc) is 2.17. The molecule has 1 aliphatic heterocycles. The molecule has 4 nitrogen and oxygen atoms in total. The Hall–Kier alpha value is -1.71. The third-order valence-electron chi connectivity index (χ3n) is 2.10. The normalized spacial score (nSPS) is 19.1. The van der Waals surface area contributed by atoms with Gasteiger partial charge in [0.1, 0.15) is 6.61 Å². The summed E-state index contributed by atoms with van der Waals surface area (Å²) in [6, 6.07) is 5.41. The predicted molar refractivity (Wildman–Crippen MR) is 48.7 cm³/mol. The van der Waals surface area contributed by atoms with Gasteiger partial charge in [-0.15, -0.1) is 0 Å². The summed E-state index contributed by atoms with van der Waals surface area (Å²) in [7, 11) is 0. The van der Waals surface area contributed by atoms with Gasteiger partial charge in [0, 0.05) is 0 Å². The van der Waals surface area contributed by atoms with Crippen molar-refractivity contribution in [3.05, 3.63) is 23.8 Å². The van der Waals surface area contributed by atoms with Crippen LogP contribution in [0.25, 0.3) is 0 Å². The van der Waals surface area contributed by atoms with E-state index in [-0.39, 0.29) is 6.61 Å². The van der Waals surface area contributed by atoms with Crippen LogP contribution in [0.4, 0.5) is 0 Å². The summed E-state index contributed by atoms with van der Waals surface area (Å²) in [5.74, 6) is 0.144. The molecule has 0 fully saturated rings. The molecule has 0 amide bonds. The molecule has 1 aromatic carbocycles. The van der Waals surface area contributed by atoms with E-state index in [0.29, 0.717) is 11.5 Å². The predicted octanol–water partition coefficient (Wildman–Crippen LogP) is 1.22. The highest BCUT2D eigenvalue weighted by Gasteiger charge is 2.27. The van der Waals surface area contributed by atoms with Crippen LogP contribution in [0.15, 0.2) is 18.2 Å². The topological polar surface area (TPSA) is 55.8 Å². The van der Waals surface area contributed by atoms with Gasteiger partial charge < -0.3 is 14.6 Å². The lowest BCUT2D eigenvalue weighted by Crippen LogP contribution is -2.36. The Morgan fingerprint density at radius 2 is 2.36 bits per heavy atom. The van der Waals surface area contributed by atoms with Gasteiger partial charge in [0.05, 0.1) is 0 Å². The number of hydrogen-bond donors (Lipinski definition) is 1. The van der Waals surface area contributed by atoms with E-state index < -0.39 is 12.1 Å². The van der Waals surface area contributed by atoms with Gasteiger partial charge in [-0.3, -0.25) is 0 Å². The van der Waals surface area contributed by atoms with E-state index in [1.807, 2.05) is 19.1 Å². The van der Waals surface area contributed by atoms with Crippen molar-refractivity contribution < 1.29 is 19.4 Å². The van der Waals surface area contributed by atoms with Gasteiger partial charge in [0.25, 0.3) is 0 Å². The zero-order chi connectivity index (χ0) is 10.1. The van der Waals surface area contributed by atoms with Crippen molar-refractivity contribution in [3.63, 3.8) is 0 Å². The number of benzene rings is 1. The highest BCUT2D eigenvalue weighted by atomic mass is 16.6. The van der Waals surface area contributed by atoms with Gasteiger partial charge in [-0.1, -0.05) is 12.1 Å². The fourth-order valence-electron chi connectivity index (χ4n) is 1.37. The van der Waals surface area contributed by atoms with Gasteiger partial charge >= 0.3 is 5.97 Å². The molecule has 1 N–H and O–H groups in total. The molecule has 1 aromatic rings. The molecule has 0 saturated carbocycles. The fraction of sp³-hybridized carbons (Fsp3) is 0.300. The number of rotatable bonds is 1. The van der Waals surface area contributed by atoms with Crippen LogP contribution in [-0.4, -0.2) is 23.8 Å². The summed E-state index contributed by atoms with van der Waals surface area (Å²) in [6.45, 7) is 1.95. The van der Waals surface area contributed by atoms with E-state index in [2.05, 4.69) is 0 Å². The molecular formula is C10H10O4. The minimum Gasteiger partial charge on any atom is -0.485 e. The van der Waals surface area contributed by atoms with Crippen LogP contribution >= 0.6 is 0 Å². The molecule has 1 unspecified atom stereocenters. The summed E-state index contributed by atoms with van der Waals surface area (Å²) in [5.41, 5.74) is 0.950. The highest BCUT2D eigenvalue weighted by molar-refractivity contribution is 5.73. The van der Waals surface area contributed by atoms with Crippen molar-refractivity contribution in [2.45, 2.75) is 13.0 Å². The first-order chi connectivity index (χ1) is 6.68. The molecule has 0 spiro atoms. The third-order valence-corrected chi connectivity index (χ3v) is 2.10. The Morgan fingerprint density at radius 3 is 3.07 bits per heavy atom. The zero-order valence-electron chi connectivity index (χ0n) is 7.69. The number of carboxylic acids is 1. The van der Waals surface area contributed by atoms with Crippen molar-refractivity contribution in [1.82, 2.24) is 0 Å². The minimum atomic E-state index is -1.00. The van der Waals surface area contributed by atoms with Crippen LogP contribution in [-0.2, 0) is 4.79 Å². The molecule has 14 heavy (non-hydrogen) atoms. The molecule has 1 atom stereocenters. The van der Waals surface area contributed by atoms with E-state index in [1.165, 1.54) is 0 Å². The van der Waals surface area contributed by atoms with E-state index >= 15 is 0 Å². The molecule has 0 saturated heterocycles. The molecule has 4 heteroatoms. The first-order valence-corrected chi connectivity index (χ1v) is 4.30. The molecule has 0 radical (unpaired) electrons. The molecule has 1 heterocycles. The van der Waals surface area contributed by atoms with Crippen molar-refractivity contribution in [3.8, 4) is 11.5 Å². The van der Waals surface area contributed by atoms with Crippen molar-refractivity contribution >= 4 is 5.97 Å². The number of aliphatic carboxylic acids is 1. The Morgan fingerprint density at radius 1 is 1.57 bits per heavy atom. The van der Waals surface area contributed by atoms with Gasteiger partial charge in [0.2, 0.25) is 6.10 Å². The van der Waals surface area contributed by atoms with Gasteiger partial charge in [-0.2, -0.15) is 0 Å². The molecule has 74 valence electrons. The summed E-state index contributed by atoms with van der Waals surface area (Å²) in [5, 5.41) is 8.73. The van der Waals surface area contributed by atoms with E-state index in [4.69, 9.17) is 14.6 Å². The average molecular weight is 194 g/mol. The molecule has 0 aliphatic carbocycles. The summed E-state index contributed by atoms with van der Waals surface area (Å²) >= 11 is 0. The summed E-state index contributed by atoms with van der Waals surface area (Å²) in [4.78, 5) is 10.6. The van der Waals surface area contributed by atoms with E-state index in [0.717, 1.165) is 5.56 Å². The molecule has 2 rings (SSSR count).